The van der Waals surface area contributed by atoms with Crippen molar-refractivity contribution in [3.63, 3.8) is 0 Å². The van der Waals surface area contributed by atoms with Crippen LogP contribution in [0.4, 0.5) is 0 Å². The minimum atomic E-state index is -0.889. The predicted molar refractivity (Wildman–Crippen MR) is 301 cm³/mol. The molecule has 2 atom stereocenters. The summed E-state index contributed by atoms with van der Waals surface area (Å²) in [7, 11) is -1.78. The molecule has 0 saturated carbocycles. The molecular formula is C62H68N4O4P2. The largest absolute Gasteiger partial charge is 0.354 e. The summed E-state index contributed by atoms with van der Waals surface area (Å²) in [5.74, 6) is -0.524. The smallest absolute Gasteiger partial charge is 0.251 e. The minimum absolute atomic E-state index is 0.186. The first-order chi connectivity index (χ1) is 35.0. The number of aryl methyl sites for hydroxylation is 2. The molecule has 0 bridgehead atoms. The molecule has 0 fully saturated rings. The van der Waals surface area contributed by atoms with Gasteiger partial charge in [0.1, 0.15) is 12.1 Å². The second-order valence-corrected chi connectivity index (χ2v) is 23.4. The number of carbonyl (C=O) groups is 4. The maximum atomic E-state index is 13.8. The molecule has 10 heteroatoms. The zero-order valence-corrected chi connectivity index (χ0v) is 43.8. The van der Waals surface area contributed by atoms with Crippen molar-refractivity contribution in [2.24, 2.45) is 11.8 Å². The van der Waals surface area contributed by atoms with E-state index in [1.807, 2.05) is 121 Å². The quantitative estimate of drug-likeness (QED) is 0.0358. The second-order valence-electron chi connectivity index (χ2n) is 19.0. The molecule has 0 spiro atoms. The van der Waals surface area contributed by atoms with E-state index < -0.39 is 27.9 Å². The molecule has 0 aliphatic rings. The average molecular weight is 995 g/mol. The van der Waals surface area contributed by atoms with Crippen molar-refractivity contribution in [3.8, 4) is 0 Å². The van der Waals surface area contributed by atoms with E-state index in [9.17, 15) is 19.2 Å². The van der Waals surface area contributed by atoms with Gasteiger partial charge in [-0.3, -0.25) is 19.2 Å². The third-order valence-electron chi connectivity index (χ3n) is 12.4. The zero-order chi connectivity index (χ0) is 50.7. The number of nitrogens with one attached hydrogen (secondary N) is 4. The van der Waals surface area contributed by atoms with Crippen LogP contribution < -0.4 is 53.1 Å². The van der Waals surface area contributed by atoms with Crippen molar-refractivity contribution in [2.75, 3.05) is 13.1 Å². The van der Waals surface area contributed by atoms with Gasteiger partial charge < -0.3 is 21.3 Å². The normalized spacial score (nSPS) is 12.1. The molecule has 0 unspecified atom stereocenters. The van der Waals surface area contributed by atoms with Crippen LogP contribution in [0.1, 0.15) is 85.2 Å². The Kier molecular flexibility index (Phi) is 20.1. The van der Waals surface area contributed by atoms with Crippen molar-refractivity contribution < 1.29 is 19.2 Å². The third-order valence-corrected chi connectivity index (χ3v) is 17.3. The molecule has 7 aromatic rings. The van der Waals surface area contributed by atoms with Crippen LogP contribution in [0, 0.1) is 11.8 Å². The number of amides is 4. The average Bonchev–Trinajstić information content (AvgIpc) is 3.40. The topological polar surface area (TPSA) is 116 Å². The van der Waals surface area contributed by atoms with Crippen molar-refractivity contribution in [2.45, 2.75) is 78.3 Å². The Morgan fingerprint density at radius 2 is 0.694 bits per heavy atom. The minimum Gasteiger partial charge on any atom is -0.354 e. The second kappa shape index (κ2) is 27.2. The van der Waals surface area contributed by atoms with E-state index >= 15 is 0 Å². The van der Waals surface area contributed by atoms with Gasteiger partial charge >= 0.3 is 0 Å². The number of hydrogen-bond acceptors (Lipinski definition) is 4. The van der Waals surface area contributed by atoms with Gasteiger partial charge in [0.15, 0.2) is 0 Å². The van der Waals surface area contributed by atoms with Gasteiger partial charge in [-0.1, -0.05) is 198 Å². The van der Waals surface area contributed by atoms with E-state index in [1.54, 1.807) is 0 Å². The molecule has 0 saturated heterocycles. The monoisotopic (exact) mass is 994 g/mol. The molecule has 0 aromatic heterocycles. The van der Waals surface area contributed by atoms with E-state index in [-0.39, 0.29) is 35.5 Å². The van der Waals surface area contributed by atoms with Gasteiger partial charge in [-0.15, -0.1) is 0 Å². The van der Waals surface area contributed by atoms with Crippen LogP contribution in [0.25, 0.3) is 0 Å². The summed E-state index contributed by atoms with van der Waals surface area (Å²) in [4.78, 5) is 55.1. The molecule has 7 aromatic carbocycles. The summed E-state index contributed by atoms with van der Waals surface area (Å²) in [5, 5.41) is 19.3. The molecular weight excluding hydrogens is 927 g/mol. The Balaban J connectivity index is 0.899. The van der Waals surface area contributed by atoms with Crippen LogP contribution in [0.5, 0.6) is 0 Å². The van der Waals surface area contributed by atoms with Crippen LogP contribution in [-0.2, 0) is 22.4 Å². The van der Waals surface area contributed by atoms with E-state index in [0.717, 1.165) is 36.3 Å². The standard InChI is InChI=1S/C62H68N4O4P2/c1-45(2)41-57(65-59(67)49-25-19-37-55(43-49)71(51-29-9-5-10-30-51)52-31-11-6-12-32-52)61(69)63-39-21-27-47-23-17-18-24-48(47)28-22-40-64-62(70)58(42-46(3)4)66-60(68)50-26-20-38-56(44-50)72(53-33-13-7-14-34-53)54-35-15-8-16-36-54/h5-20,23-26,29-38,43-46,57-58H,21-22,27-28,39-42H2,1-4H3,(H,63,69)(H,64,70)(H,65,67)(H,66,68)/t57-,58-/m0/s1. The lowest BCUT2D eigenvalue weighted by molar-refractivity contribution is -0.124. The Hall–Kier alpha value is -6.72. The highest BCUT2D eigenvalue weighted by Crippen LogP contribution is 2.34. The fourth-order valence-corrected chi connectivity index (χ4v) is 13.6. The Bertz CT molecular complexity index is 2560. The lowest BCUT2D eigenvalue weighted by Gasteiger charge is -2.22. The first kappa shape index (κ1) is 53.1. The lowest BCUT2D eigenvalue weighted by atomic mass is 9.99. The van der Waals surface area contributed by atoms with Gasteiger partial charge in [0.25, 0.3) is 11.8 Å². The van der Waals surface area contributed by atoms with Crippen LogP contribution in [-0.4, -0.2) is 48.8 Å². The maximum absolute atomic E-state index is 13.8. The van der Waals surface area contributed by atoms with E-state index in [4.69, 9.17) is 0 Å². The number of carbonyl (C=O) groups excluding carboxylic acids is 4. The van der Waals surface area contributed by atoms with Gasteiger partial charge in [-0.25, -0.2) is 0 Å². The molecule has 7 rings (SSSR count). The summed E-state index contributed by atoms with van der Waals surface area (Å²) < 4.78 is 0. The van der Waals surface area contributed by atoms with Crippen LogP contribution in [0.3, 0.4) is 0 Å². The third kappa shape index (κ3) is 15.4. The van der Waals surface area contributed by atoms with Crippen molar-refractivity contribution in [1.82, 2.24) is 21.3 Å². The molecule has 0 aliphatic carbocycles. The molecule has 370 valence electrons. The lowest BCUT2D eigenvalue weighted by Crippen LogP contribution is -2.47. The van der Waals surface area contributed by atoms with Gasteiger partial charge in [-0.2, -0.15) is 0 Å². The Morgan fingerprint density at radius 1 is 0.389 bits per heavy atom. The number of benzene rings is 7. The van der Waals surface area contributed by atoms with Crippen LogP contribution >= 0.6 is 15.8 Å². The summed E-state index contributed by atoms with van der Waals surface area (Å²) in [6.07, 6.45) is 4.02. The Morgan fingerprint density at radius 3 is 1.01 bits per heavy atom. The van der Waals surface area contributed by atoms with E-state index in [1.165, 1.54) is 32.3 Å². The Labute approximate surface area is 429 Å². The highest BCUT2D eigenvalue weighted by atomic mass is 31.1. The fraction of sp³-hybridized carbons (Fsp3) is 0.258. The van der Waals surface area contributed by atoms with Crippen molar-refractivity contribution in [3.05, 3.63) is 216 Å². The van der Waals surface area contributed by atoms with Crippen molar-refractivity contribution in [1.29, 1.82) is 0 Å². The fourth-order valence-electron chi connectivity index (χ4n) is 8.94. The van der Waals surface area contributed by atoms with Crippen LogP contribution in [0.2, 0.25) is 0 Å². The van der Waals surface area contributed by atoms with Gasteiger partial charge in [0.05, 0.1) is 0 Å². The van der Waals surface area contributed by atoms with E-state index in [0.29, 0.717) is 37.1 Å². The van der Waals surface area contributed by atoms with Gasteiger partial charge in [-0.05, 0) is 133 Å². The molecule has 0 radical (unpaired) electrons. The van der Waals surface area contributed by atoms with Crippen LogP contribution in [0.15, 0.2) is 194 Å². The van der Waals surface area contributed by atoms with Gasteiger partial charge in [0.2, 0.25) is 11.8 Å². The molecule has 0 aliphatic heterocycles. The first-order valence-electron chi connectivity index (χ1n) is 25.3. The van der Waals surface area contributed by atoms with E-state index in [2.05, 4.69) is 122 Å². The molecule has 4 amide bonds. The highest BCUT2D eigenvalue weighted by molar-refractivity contribution is 7.80. The highest BCUT2D eigenvalue weighted by Gasteiger charge is 2.26. The SMILES string of the molecule is CC(C)C[C@H](NC(=O)c1cccc(P(c2ccccc2)c2ccccc2)c1)C(=O)NCCCc1ccccc1CCCNC(=O)[C@H](CC(C)C)NC(=O)c1cccc(P(c2ccccc2)c2ccccc2)c1. The summed E-state index contributed by atoms with van der Waals surface area (Å²) in [6.45, 7) is 9.16. The first-order valence-corrected chi connectivity index (χ1v) is 28.0. The summed E-state index contributed by atoms with van der Waals surface area (Å²) in [6, 6.07) is 64.1. The summed E-state index contributed by atoms with van der Waals surface area (Å²) in [5.41, 5.74) is 3.46. The number of hydrogen-bond donors (Lipinski definition) is 4. The molecule has 72 heavy (non-hydrogen) atoms. The molecule has 4 N–H and O–H groups in total. The predicted octanol–water partition coefficient (Wildman–Crippen LogP) is 8.99. The zero-order valence-electron chi connectivity index (χ0n) is 42.0. The van der Waals surface area contributed by atoms with Gasteiger partial charge in [0, 0.05) is 24.2 Å². The maximum Gasteiger partial charge on any atom is 0.251 e. The summed E-state index contributed by atoms with van der Waals surface area (Å²) >= 11 is 0. The number of rotatable bonds is 24. The van der Waals surface area contributed by atoms with Crippen molar-refractivity contribution >= 4 is 71.3 Å². The molecule has 0 heterocycles. The molecule has 8 nitrogen and oxygen atoms in total.